The Morgan fingerprint density at radius 1 is 0.767 bits per heavy atom. The second-order valence-corrected chi connectivity index (χ2v) is 9.58. The number of carbonyl (C=O) groups is 2. The van der Waals surface area contributed by atoms with Gasteiger partial charge in [-0.15, -0.1) is 0 Å². The lowest BCUT2D eigenvalue weighted by molar-refractivity contribution is -0.143. The Balaban J connectivity index is 2.83. The molecule has 0 aliphatic heterocycles. The van der Waals surface area contributed by atoms with E-state index in [1.54, 1.807) is 6.07 Å². The third kappa shape index (κ3) is 4.21. The van der Waals surface area contributed by atoms with Crippen molar-refractivity contribution in [2.75, 3.05) is 6.16 Å². The van der Waals surface area contributed by atoms with E-state index in [0.29, 0.717) is 29.3 Å². The van der Waals surface area contributed by atoms with E-state index in [2.05, 4.69) is 0 Å². The standard InChI is InChI=1S/C20H17F6O3P/c1-4-30(29,17(27)15-11(2)7-5-8-12(15)3)18(28)16-13(19(21,22)23)9-6-10-14(16)20(24,25)26/h5-10H,4H2,1-3H3. The topological polar surface area (TPSA) is 51.2 Å². The van der Waals surface area contributed by atoms with E-state index in [0.717, 1.165) is 6.92 Å². The average Bonchev–Trinajstić information content (AvgIpc) is 2.64. The molecule has 3 nitrogen and oxygen atoms in total. The summed E-state index contributed by atoms with van der Waals surface area (Å²) in [5.74, 6) is 0. The number of benzene rings is 2. The zero-order chi connectivity index (χ0) is 23.1. The molecule has 2 aromatic carbocycles. The number of hydrogen-bond acceptors (Lipinski definition) is 3. The Hall–Kier alpha value is -2.41. The van der Waals surface area contributed by atoms with Crippen LogP contribution in [0.15, 0.2) is 36.4 Å². The molecule has 0 saturated heterocycles. The maximum atomic E-state index is 13.4. The first-order chi connectivity index (χ1) is 13.7. The van der Waals surface area contributed by atoms with Crippen molar-refractivity contribution in [1.82, 2.24) is 0 Å². The molecule has 0 heterocycles. The molecule has 0 spiro atoms. The summed E-state index contributed by atoms with van der Waals surface area (Å²) in [5, 5.41) is 0. The molecular formula is C20H17F6O3P. The van der Waals surface area contributed by atoms with Crippen LogP contribution >= 0.6 is 7.14 Å². The first-order valence-electron chi connectivity index (χ1n) is 8.68. The first-order valence-corrected chi connectivity index (χ1v) is 10.6. The van der Waals surface area contributed by atoms with Crippen LogP contribution in [0.1, 0.15) is 49.9 Å². The normalized spacial score (nSPS) is 14.3. The summed E-state index contributed by atoms with van der Waals surface area (Å²) in [6.07, 6.45) is -11.4. The van der Waals surface area contributed by atoms with Crippen LogP contribution in [0.3, 0.4) is 0 Å². The molecule has 0 bridgehead atoms. The largest absolute Gasteiger partial charge is 0.417 e. The fourth-order valence-corrected chi connectivity index (χ4v) is 5.22. The number of aryl methyl sites for hydroxylation is 2. The van der Waals surface area contributed by atoms with Crippen LogP contribution < -0.4 is 0 Å². The minimum absolute atomic E-state index is 0.144. The van der Waals surface area contributed by atoms with E-state index in [1.165, 1.54) is 26.0 Å². The minimum Gasteiger partial charge on any atom is -0.307 e. The van der Waals surface area contributed by atoms with Gasteiger partial charge in [-0.3, -0.25) is 9.59 Å². The third-order valence-corrected chi connectivity index (χ3v) is 7.34. The SMILES string of the molecule is CCP(=O)(C(=O)c1c(C)cccc1C)C(=O)c1c(C(F)(F)F)cccc1C(F)(F)F. The lowest BCUT2D eigenvalue weighted by atomic mass is 10.0. The average molecular weight is 450 g/mol. The van der Waals surface area contributed by atoms with Crippen molar-refractivity contribution < 1.29 is 40.5 Å². The Labute approximate surface area is 168 Å². The van der Waals surface area contributed by atoms with E-state index in [4.69, 9.17) is 0 Å². The maximum absolute atomic E-state index is 13.4. The van der Waals surface area contributed by atoms with Crippen molar-refractivity contribution in [1.29, 1.82) is 0 Å². The summed E-state index contributed by atoms with van der Waals surface area (Å²) in [4.78, 5) is 26.0. The quantitative estimate of drug-likeness (QED) is 0.376. The van der Waals surface area contributed by atoms with Gasteiger partial charge in [0.05, 0.1) is 16.7 Å². The molecule has 1 unspecified atom stereocenters. The van der Waals surface area contributed by atoms with Gasteiger partial charge in [0.15, 0.2) is 0 Å². The van der Waals surface area contributed by atoms with Gasteiger partial charge in [0.2, 0.25) is 18.2 Å². The van der Waals surface area contributed by atoms with Crippen LogP contribution in [0, 0.1) is 13.8 Å². The Kier molecular flexibility index (Phi) is 6.38. The van der Waals surface area contributed by atoms with Crippen molar-refractivity contribution in [2.45, 2.75) is 33.1 Å². The Morgan fingerprint density at radius 3 is 1.50 bits per heavy atom. The second-order valence-electron chi connectivity index (χ2n) is 6.66. The van der Waals surface area contributed by atoms with Gasteiger partial charge < -0.3 is 4.57 Å². The number of alkyl halides is 6. The van der Waals surface area contributed by atoms with Crippen LogP contribution in [0.4, 0.5) is 26.3 Å². The minimum atomic E-state index is -5.33. The summed E-state index contributed by atoms with van der Waals surface area (Å²) in [5.41, 5.74) is -8.29. The second kappa shape index (κ2) is 8.02. The third-order valence-electron chi connectivity index (χ3n) is 4.69. The fourth-order valence-electron chi connectivity index (χ4n) is 3.15. The molecule has 162 valence electrons. The summed E-state index contributed by atoms with van der Waals surface area (Å²) in [7, 11) is -4.85. The number of hydrogen-bond donors (Lipinski definition) is 0. The molecule has 0 fully saturated rings. The van der Waals surface area contributed by atoms with Crippen LogP contribution in [-0.4, -0.2) is 17.2 Å². The highest BCUT2D eigenvalue weighted by Crippen LogP contribution is 2.55. The van der Waals surface area contributed by atoms with Crippen molar-refractivity contribution in [3.05, 3.63) is 69.8 Å². The molecule has 30 heavy (non-hydrogen) atoms. The number of rotatable bonds is 5. The van der Waals surface area contributed by atoms with Crippen molar-refractivity contribution in [2.24, 2.45) is 0 Å². The molecule has 0 radical (unpaired) electrons. The van der Waals surface area contributed by atoms with Gasteiger partial charge in [0.1, 0.15) is 0 Å². The predicted octanol–water partition coefficient (Wildman–Crippen LogP) is 6.70. The highest BCUT2D eigenvalue weighted by Gasteiger charge is 2.49. The van der Waals surface area contributed by atoms with E-state index in [9.17, 15) is 40.5 Å². The molecule has 0 aromatic heterocycles. The van der Waals surface area contributed by atoms with Crippen molar-refractivity contribution in [3.8, 4) is 0 Å². The summed E-state index contributed by atoms with van der Waals surface area (Å²) < 4.78 is 94.0. The first kappa shape index (κ1) is 23.9. The van der Waals surface area contributed by atoms with Crippen LogP contribution in [0.2, 0.25) is 0 Å². The van der Waals surface area contributed by atoms with Gasteiger partial charge >= 0.3 is 12.4 Å². The molecule has 10 heteroatoms. The molecule has 0 N–H and O–H groups in total. The van der Waals surface area contributed by atoms with E-state index in [1.807, 2.05) is 0 Å². The van der Waals surface area contributed by atoms with Gasteiger partial charge in [-0.1, -0.05) is 31.2 Å². The monoisotopic (exact) mass is 450 g/mol. The molecule has 0 aliphatic carbocycles. The lowest BCUT2D eigenvalue weighted by Crippen LogP contribution is -2.23. The number of carbonyl (C=O) groups excluding carboxylic acids is 2. The van der Waals surface area contributed by atoms with E-state index < -0.39 is 53.4 Å². The van der Waals surface area contributed by atoms with Gasteiger partial charge in [0, 0.05) is 11.7 Å². The zero-order valence-corrected chi connectivity index (χ0v) is 17.0. The van der Waals surface area contributed by atoms with Gasteiger partial charge in [-0.2, -0.15) is 26.3 Å². The van der Waals surface area contributed by atoms with Crippen molar-refractivity contribution >= 4 is 18.2 Å². The van der Waals surface area contributed by atoms with Gasteiger partial charge in [0.25, 0.3) is 0 Å². The highest BCUT2D eigenvalue weighted by molar-refractivity contribution is 7.95. The molecule has 0 aliphatic rings. The molecule has 2 rings (SSSR count). The van der Waals surface area contributed by atoms with Gasteiger partial charge in [-0.05, 0) is 37.1 Å². The molecule has 2 aromatic rings. The molecule has 0 saturated carbocycles. The number of halogens is 6. The molecule has 1 atom stereocenters. The fraction of sp³-hybridized carbons (Fsp3) is 0.300. The Morgan fingerprint density at radius 2 is 1.13 bits per heavy atom. The van der Waals surface area contributed by atoms with Crippen molar-refractivity contribution in [3.63, 3.8) is 0 Å². The van der Waals surface area contributed by atoms with Crippen LogP contribution in [0.25, 0.3) is 0 Å². The van der Waals surface area contributed by atoms with E-state index in [-0.39, 0.29) is 5.56 Å². The predicted molar refractivity (Wildman–Crippen MR) is 99.2 cm³/mol. The zero-order valence-electron chi connectivity index (χ0n) is 16.1. The Bertz CT molecular complexity index is 1000. The van der Waals surface area contributed by atoms with E-state index >= 15 is 0 Å². The maximum Gasteiger partial charge on any atom is 0.417 e. The smallest absolute Gasteiger partial charge is 0.307 e. The molecule has 0 amide bonds. The highest BCUT2D eigenvalue weighted by atomic mass is 31.2. The summed E-state index contributed by atoms with van der Waals surface area (Å²) in [6, 6.07) is 5.61. The summed E-state index contributed by atoms with van der Waals surface area (Å²) in [6.45, 7) is 4.05. The van der Waals surface area contributed by atoms with Crippen LogP contribution in [-0.2, 0) is 16.9 Å². The van der Waals surface area contributed by atoms with Crippen LogP contribution in [0.5, 0.6) is 0 Å². The summed E-state index contributed by atoms with van der Waals surface area (Å²) >= 11 is 0. The molecular weight excluding hydrogens is 433 g/mol. The van der Waals surface area contributed by atoms with Gasteiger partial charge in [-0.25, -0.2) is 0 Å². The lowest BCUT2D eigenvalue weighted by Gasteiger charge is -2.22.